The Labute approximate surface area is 169 Å². The molecule has 0 unspecified atom stereocenters. The standard InChI is InChI=1S/C20H16N6O4/c1-25-17(27)15-11-22-19(23-12-6-3-2-4-7-12)24-16(15)26(20(25)29)13-8-5-9-14(10-13)30-18(21)28/h2-11H,1H3,(H2,21,28)(H,22,23,24). The number of carbonyl (C=O) groups excluding carboxylic acids is 1. The molecule has 1 amide bonds. The Hall–Kier alpha value is -4.47. The van der Waals surface area contributed by atoms with E-state index in [1.807, 2.05) is 30.3 Å². The maximum Gasteiger partial charge on any atom is 0.409 e. The van der Waals surface area contributed by atoms with E-state index < -0.39 is 17.3 Å². The molecule has 2 heterocycles. The van der Waals surface area contributed by atoms with Crippen molar-refractivity contribution in [3.8, 4) is 11.4 Å². The number of amides is 1. The highest BCUT2D eigenvalue weighted by atomic mass is 16.5. The molecule has 10 heteroatoms. The quantitative estimate of drug-likeness (QED) is 0.528. The van der Waals surface area contributed by atoms with Gasteiger partial charge in [0.15, 0.2) is 5.65 Å². The summed E-state index contributed by atoms with van der Waals surface area (Å²) >= 11 is 0. The predicted octanol–water partition coefficient (Wildman–Crippen LogP) is 1.68. The van der Waals surface area contributed by atoms with Crippen molar-refractivity contribution >= 4 is 28.8 Å². The van der Waals surface area contributed by atoms with Crippen LogP contribution in [-0.4, -0.2) is 25.2 Å². The molecule has 0 aliphatic carbocycles. The molecule has 3 N–H and O–H groups in total. The molecule has 0 saturated carbocycles. The van der Waals surface area contributed by atoms with Crippen molar-refractivity contribution in [1.82, 2.24) is 19.1 Å². The zero-order valence-electron chi connectivity index (χ0n) is 15.8. The fraction of sp³-hybridized carbons (Fsp3) is 0.0500. The van der Waals surface area contributed by atoms with Crippen molar-refractivity contribution in [2.75, 3.05) is 5.32 Å². The maximum absolute atomic E-state index is 12.9. The van der Waals surface area contributed by atoms with Gasteiger partial charge in [-0.15, -0.1) is 0 Å². The molecule has 0 fully saturated rings. The molecule has 0 spiro atoms. The van der Waals surface area contributed by atoms with Crippen LogP contribution in [0.4, 0.5) is 16.4 Å². The maximum atomic E-state index is 12.9. The number of nitrogens with zero attached hydrogens (tertiary/aromatic N) is 4. The van der Waals surface area contributed by atoms with E-state index >= 15 is 0 Å². The van der Waals surface area contributed by atoms with E-state index in [0.29, 0.717) is 5.69 Å². The molecule has 0 saturated heterocycles. The van der Waals surface area contributed by atoms with Gasteiger partial charge in [-0.3, -0.25) is 9.36 Å². The molecular weight excluding hydrogens is 388 g/mol. The number of anilines is 2. The average molecular weight is 404 g/mol. The van der Waals surface area contributed by atoms with Crippen LogP contribution >= 0.6 is 0 Å². The summed E-state index contributed by atoms with van der Waals surface area (Å²) in [6, 6.07) is 15.4. The molecular formula is C20H16N6O4. The fourth-order valence-electron chi connectivity index (χ4n) is 2.95. The number of hydrogen-bond donors (Lipinski definition) is 2. The van der Waals surface area contributed by atoms with Crippen molar-refractivity contribution in [1.29, 1.82) is 0 Å². The Kier molecular flexibility index (Phi) is 4.72. The van der Waals surface area contributed by atoms with Gasteiger partial charge in [0.2, 0.25) is 5.95 Å². The third-order valence-electron chi connectivity index (χ3n) is 4.32. The van der Waals surface area contributed by atoms with Crippen molar-refractivity contribution in [3.05, 3.63) is 81.6 Å². The third kappa shape index (κ3) is 3.49. The Balaban J connectivity index is 1.93. The van der Waals surface area contributed by atoms with E-state index in [1.165, 1.54) is 29.9 Å². The molecule has 2 aromatic heterocycles. The summed E-state index contributed by atoms with van der Waals surface area (Å²) in [7, 11) is 1.36. The first kappa shape index (κ1) is 18.9. The largest absolute Gasteiger partial charge is 0.410 e. The number of benzene rings is 2. The van der Waals surface area contributed by atoms with Gasteiger partial charge >= 0.3 is 11.8 Å². The average Bonchev–Trinajstić information content (AvgIpc) is 2.73. The molecule has 0 radical (unpaired) electrons. The van der Waals surface area contributed by atoms with Gasteiger partial charge in [0.1, 0.15) is 11.1 Å². The fourth-order valence-corrected chi connectivity index (χ4v) is 2.95. The second-order valence-electron chi connectivity index (χ2n) is 6.32. The number of fused-ring (bicyclic) bond motifs is 1. The van der Waals surface area contributed by atoms with Crippen LogP contribution in [0.5, 0.6) is 5.75 Å². The first-order valence-corrected chi connectivity index (χ1v) is 8.82. The Bertz CT molecular complexity index is 1380. The molecule has 30 heavy (non-hydrogen) atoms. The number of para-hydroxylation sites is 1. The lowest BCUT2D eigenvalue weighted by atomic mass is 10.3. The van der Waals surface area contributed by atoms with Gasteiger partial charge in [0.25, 0.3) is 5.56 Å². The molecule has 2 aromatic carbocycles. The molecule has 4 aromatic rings. The smallest absolute Gasteiger partial charge is 0.409 e. The number of carbonyl (C=O) groups is 1. The van der Waals surface area contributed by atoms with Gasteiger partial charge in [-0.1, -0.05) is 24.3 Å². The summed E-state index contributed by atoms with van der Waals surface area (Å²) in [6.07, 6.45) is 0.372. The number of rotatable bonds is 4. The lowest BCUT2D eigenvalue weighted by Gasteiger charge is -2.13. The van der Waals surface area contributed by atoms with E-state index in [-0.39, 0.29) is 22.7 Å². The second kappa shape index (κ2) is 7.51. The van der Waals surface area contributed by atoms with Crippen molar-refractivity contribution in [2.24, 2.45) is 12.8 Å². The van der Waals surface area contributed by atoms with Crippen LogP contribution in [0.1, 0.15) is 0 Å². The minimum absolute atomic E-state index is 0.104. The topological polar surface area (TPSA) is 134 Å². The second-order valence-corrected chi connectivity index (χ2v) is 6.32. The number of hydrogen-bond acceptors (Lipinski definition) is 7. The van der Waals surface area contributed by atoms with E-state index in [1.54, 1.807) is 12.1 Å². The van der Waals surface area contributed by atoms with E-state index in [4.69, 9.17) is 10.5 Å². The molecule has 0 aliphatic rings. The Morgan fingerprint density at radius 1 is 1.10 bits per heavy atom. The number of primary amides is 1. The van der Waals surface area contributed by atoms with Crippen LogP contribution in [0.15, 0.2) is 70.4 Å². The van der Waals surface area contributed by atoms with Crippen molar-refractivity contribution in [2.45, 2.75) is 0 Å². The van der Waals surface area contributed by atoms with Gasteiger partial charge in [-0.2, -0.15) is 4.98 Å². The van der Waals surface area contributed by atoms with Gasteiger partial charge < -0.3 is 15.8 Å². The number of nitrogens with two attached hydrogens (primary N) is 1. The lowest BCUT2D eigenvalue weighted by molar-refractivity contribution is 0.211. The van der Waals surface area contributed by atoms with Crippen LogP contribution in [0.25, 0.3) is 16.7 Å². The first-order valence-electron chi connectivity index (χ1n) is 8.82. The number of ether oxygens (including phenoxy) is 1. The third-order valence-corrected chi connectivity index (χ3v) is 4.32. The Morgan fingerprint density at radius 3 is 2.60 bits per heavy atom. The van der Waals surface area contributed by atoms with E-state index in [2.05, 4.69) is 15.3 Å². The summed E-state index contributed by atoms with van der Waals surface area (Å²) in [5.41, 5.74) is 5.11. The van der Waals surface area contributed by atoms with Crippen LogP contribution in [0.2, 0.25) is 0 Å². The summed E-state index contributed by atoms with van der Waals surface area (Å²) in [4.78, 5) is 45.2. The lowest BCUT2D eigenvalue weighted by Crippen LogP contribution is -2.38. The monoisotopic (exact) mass is 404 g/mol. The highest BCUT2D eigenvalue weighted by Gasteiger charge is 2.16. The van der Waals surface area contributed by atoms with Crippen LogP contribution in [0, 0.1) is 0 Å². The van der Waals surface area contributed by atoms with Crippen LogP contribution in [-0.2, 0) is 7.05 Å². The predicted molar refractivity (Wildman–Crippen MR) is 110 cm³/mol. The van der Waals surface area contributed by atoms with Crippen LogP contribution in [0.3, 0.4) is 0 Å². The van der Waals surface area contributed by atoms with Crippen molar-refractivity contribution < 1.29 is 9.53 Å². The molecule has 0 aliphatic heterocycles. The van der Waals surface area contributed by atoms with Gasteiger partial charge in [-0.05, 0) is 24.3 Å². The van der Waals surface area contributed by atoms with Crippen molar-refractivity contribution in [3.63, 3.8) is 0 Å². The molecule has 0 bridgehead atoms. The highest BCUT2D eigenvalue weighted by Crippen LogP contribution is 2.19. The minimum atomic E-state index is -0.985. The SMILES string of the molecule is Cn1c(=O)c2cnc(Nc3ccccc3)nc2n(-c2cccc(OC(N)=O)c2)c1=O. The number of aromatic nitrogens is 4. The van der Waals surface area contributed by atoms with Crippen LogP contribution < -0.4 is 27.0 Å². The van der Waals surface area contributed by atoms with E-state index in [0.717, 1.165) is 10.3 Å². The molecule has 150 valence electrons. The molecule has 4 rings (SSSR count). The zero-order valence-corrected chi connectivity index (χ0v) is 15.8. The summed E-state index contributed by atoms with van der Waals surface area (Å²) in [6.45, 7) is 0. The van der Waals surface area contributed by atoms with E-state index in [9.17, 15) is 14.4 Å². The normalized spacial score (nSPS) is 10.7. The van der Waals surface area contributed by atoms with Gasteiger partial charge in [0, 0.05) is 25.0 Å². The Morgan fingerprint density at radius 2 is 1.87 bits per heavy atom. The summed E-state index contributed by atoms with van der Waals surface area (Å²) < 4.78 is 7.09. The van der Waals surface area contributed by atoms with Gasteiger partial charge in [-0.25, -0.2) is 19.1 Å². The molecule has 0 atom stereocenters. The zero-order chi connectivity index (χ0) is 21.3. The minimum Gasteiger partial charge on any atom is -0.410 e. The highest BCUT2D eigenvalue weighted by molar-refractivity contribution is 5.77. The molecule has 10 nitrogen and oxygen atoms in total. The van der Waals surface area contributed by atoms with Gasteiger partial charge in [0.05, 0.1) is 5.69 Å². The first-order chi connectivity index (χ1) is 14.4. The summed E-state index contributed by atoms with van der Waals surface area (Å²) in [5, 5.41) is 3.18. The number of nitrogens with one attached hydrogen (secondary N) is 1. The summed E-state index contributed by atoms with van der Waals surface area (Å²) in [5.74, 6) is 0.352.